The number of para-hydroxylation sites is 1. The van der Waals surface area contributed by atoms with Gasteiger partial charge < -0.3 is 15.6 Å². The highest BCUT2D eigenvalue weighted by Crippen LogP contribution is 2.22. The molecule has 0 aromatic heterocycles. The first-order chi connectivity index (χ1) is 7.52. The number of hydrogen-bond acceptors (Lipinski definition) is 4. The largest absolute Gasteiger partial charge is 0.508 e. The Balaban J connectivity index is 2.67. The lowest BCUT2D eigenvalue weighted by Gasteiger charge is -2.14. The third-order valence-corrected chi connectivity index (χ3v) is 2.08. The van der Waals surface area contributed by atoms with E-state index >= 15 is 0 Å². The van der Waals surface area contributed by atoms with Crippen LogP contribution in [0, 0.1) is 5.92 Å². The molecular weight excluding hydrogens is 206 g/mol. The van der Waals surface area contributed by atoms with E-state index in [0.29, 0.717) is 12.2 Å². The van der Waals surface area contributed by atoms with E-state index in [1.54, 1.807) is 18.2 Å². The average Bonchev–Trinajstić information content (AvgIpc) is 2.25. The predicted molar refractivity (Wildman–Crippen MR) is 60.8 cm³/mol. The zero-order valence-corrected chi connectivity index (χ0v) is 9.51. The third-order valence-electron chi connectivity index (χ3n) is 2.08. The fraction of sp³-hybridized carbons (Fsp3) is 0.417. The number of rotatable bonds is 4. The van der Waals surface area contributed by atoms with Crippen LogP contribution in [0.25, 0.3) is 0 Å². The Kier molecular flexibility index (Phi) is 4.31. The number of carbonyl (C=O) groups excluding carboxylic acids is 1. The number of ether oxygens (including phenoxy) is 1. The van der Waals surface area contributed by atoms with Gasteiger partial charge in [0.05, 0.1) is 6.61 Å². The van der Waals surface area contributed by atoms with Crippen molar-refractivity contribution >= 4 is 5.97 Å². The van der Waals surface area contributed by atoms with Gasteiger partial charge in [-0.25, -0.2) is 4.79 Å². The maximum atomic E-state index is 11.5. The first-order valence-electron chi connectivity index (χ1n) is 5.22. The van der Waals surface area contributed by atoms with E-state index in [9.17, 15) is 9.90 Å². The van der Waals surface area contributed by atoms with E-state index in [2.05, 4.69) is 0 Å². The van der Waals surface area contributed by atoms with Gasteiger partial charge in [-0.2, -0.15) is 0 Å². The fourth-order valence-electron chi connectivity index (χ4n) is 1.22. The van der Waals surface area contributed by atoms with E-state index in [4.69, 9.17) is 10.5 Å². The van der Waals surface area contributed by atoms with Crippen LogP contribution in [0.1, 0.15) is 25.5 Å². The summed E-state index contributed by atoms with van der Waals surface area (Å²) in [6.07, 6.45) is 0. The van der Waals surface area contributed by atoms with Gasteiger partial charge in [-0.15, -0.1) is 0 Å². The molecule has 88 valence electrons. The van der Waals surface area contributed by atoms with Gasteiger partial charge in [0.15, 0.2) is 0 Å². The molecule has 0 aliphatic rings. The van der Waals surface area contributed by atoms with Crippen molar-refractivity contribution in [2.24, 2.45) is 11.7 Å². The van der Waals surface area contributed by atoms with Gasteiger partial charge >= 0.3 is 5.97 Å². The molecule has 0 saturated heterocycles. The molecule has 0 saturated carbocycles. The molecule has 16 heavy (non-hydrogen) atoms. The zero-order valence-electron chi connectivity index (χ0n) is 9.51. The minimum absolute atomic E-state index is 0.0106. The Morgan fingerprint density at radius 1 is 1.44 bits per heavy atom. The Morgan fingerprint density at radius 3 is 2.62 bits per heavy atom. The molecule has 0 aliphatic heterocycles. The molecule has 4 heteroatoms. The van der Waals surface area contributed by atoms with Crippen LogP contribution in [-0.4, -0.2) is 17.7 Å². The van der Waals surface area contributed by atoms with Crippen molar-refractivity contribution < 1.29 is 14.6 Å². The first-order valence-corrected chi connectivity index (χ1v) is 5.22. The van der Waals surface area contributed by atoms with Crippen LogP contribution >= 0.6 is 0 Å². The van der Waals surface area contributed by atoms with Gasteiger partial charge in [0.25, 0.3) is 0 Å². The SMILES string of the molecule is CC(C)COC(=O)C(N)c1ccccc1O. The van der Waals surface area contributed by atoms with E-state index in [1.807, 2.05) is 13.8 Å². The highest BCUT2D eigenvalue weighted by Gasteiger charge is 2.20. The van der Waals surface area contributed by atoms with Crippen molar-refractivity contribution in [3.05, 3.63) is 29.8 Å². The fourth-order valence-corrected chi connectivity index (χ4v) is 1.22. The number of aromatic hydroxyl groups is 1. The molecule has 0 heterocycles. The van der Waals surface area contributed by atoms with E-state index in [-0.39, 0.29) is 11.7 Å². The number of esters is 1. The van der Waals surface area contributed by atoms with E-state index < -0.39 is 12.0 Å². The van der Waals surface area contributed by atoms with Gasteiger partial charge in [-0.1, -0.05) is 32.0 Å². The predicted octanol–water partition coefficient (Wildman–Crippen LogP) is 1.59. The topological polar surface area (TPSA) is 72.5 Å². The van der Waals surface area contributed by atoms with Crippen LogP contribution in [0.5, 0.6) is 5.75 Å². The second-order valence-electron chi connectivity index (χ2n) is 4.06. The number of nitrogens with two attached hydrogens (primary N) is 1. The van der Waals surface area contributed by atoms with Crippen LogP contribution in [0.2, 0.25) is 0 Å². The molecule has 0 amide bonds. The molecule has 1 atom stereocenters. The number of hydrogen-bond donors (Lipinski definition) is 2. The first kappa shape index (κ1) is 12.5. The summed E-state index contributed by atoms with van der Waals surface area (Å²) >= 11 is 0. The summed E-state index contributed by atoms with van der Waals surface area (Å²) in [6.45, 7) is 4.22. The molecular formula is C12H17NO3. The Bertz CT molecular complexity index is 363. The van der Waals surface area contributed by atoms with Gasteiger partial charge in [0, 0.05) is 5.56 Å². The van der Waals surface area contributed by atoms with Crippen molar-refractivity contribution in [2.45, 2.75) is 19.9 Å². The van der Waals surface area contributed by atoms with Crippen molar-refractivity contribution in [1.29, 1.82) is 0 Å². The minimum Gasteiger partial charge on any atom is -0.508 e. The van der Waals surface area contributed by atoms with Crippen LogP contribution in [0.4, 0.5) is 0 Å². The van der Waals surface area contributed by atoms with Crippen molar-refractivity contribution in [3.63, 3.8) is 0 Å². The Hall–Kier alpha value is -1.55. The maximum absolute atomic E-state index is 11.5. The molecule has 1 aromatic carbocycles. The molecule has 1 aromatic rings. The number of carbonyl (C=O) groups is 1. The lowest BCUT2D eigenvalue weighted by molar-refractivity contribution is -0.146. The van der Waals surface area contributed by atoms with Crippen LogP contribution in [0.15, 0.2) is 24.3 Å². The number of phenols is 1. The van der Waals surface area contributed by atoms with Gasteiger partial charge in [-0.05, 0) is 12.0 Å². The smallest absolute Gasteiger partial charge is 0.327 e. The third kappa shape index (κ3) is 3.24. The highest BCUT2D eigenvalue weighted by molar-refractivity contribution is 5.78. The maximum Gasteiger partial charge on any atom is 0.327 e. The highest BCUT2D eigenvalue weighted by atomic mass is 16.5. The zero-order chi connectivity index (χ0) is 12.1. The Labute approximate surface area is 95.0 Å². The van der Waals surface area contributed by atoms with Gasteiger partial charge in [-0.3, -0.25) is 0 Å². The average molecular weight is 223 g/mol. The summed E-state index contributed by atoms with van der Waals surface area (Å²) in [4.78, 5) is 11.5. The summed E-state index contributed by atoms with van der Waals surface area (Å²) in [5.41, 5.74) is 6.08. The summed E-state index contributed by atoms with van der Waals surface area (Å²) < 4.78 is 5.00. The molecule has 0 bridgehead atoms. The quantitative estimate of drug-likeness (QED) is 0.760. The monoisotopic (exact) mass is 223 g/mol. The van der Waals surface area contributed by atoms with Gasteiger partial charge in [0.1, 0.15) is 11.8 Å². The molecule has 1 unspecified atom stereocenters. The number of phenolic OH excluding ortho intramolecular Hbond substituents is 1. The van der Waals surface area contributed by atoms with Crippen LogP contribution in [-0.2, 0) is 9.53 Å². The van der Waals surface area contributed by atoms with Crippen molar-refractivity contribution in [2.75, 3.05) is 6.61 Å². The molecule has 0 aliphatic carbocycles. The second kappa shape index (κ2) is 5.51. The Morgan fingerprint density at radius 2 is 2.06 bits per heavy atom. The molecule has 1 rings (SSSR count). The summed E-state index contributed by atoms with van der Waals surface area (Å²) in [5, 5.41) is 9.52. The molecule has 0 spiro atoms. The standard InChI is InChI=1S/C12H17NO3/c1-8(2)7-16-12(15)11(13)9-5-3-4-6-10(9)14/h3-6,8,11,14H,7,13H2,1-2H3. The molecule has 0 radical (unpaired) electrons. The molecule has 0 fully saturated rings. The second-order valence-corrected chi connectivity index (χ2v) is 4.06. The normalized spacial score (nSPS) is 12.5. The minimum atomic E-state index is -0.931. The lowest BCUT2D eigenvalue weighted by atomic mass is 10.1. The van der Waals surface area contributed by atoms with E-state index in [0.717, 1.165) is 0 Å². The van der Waals surface area contributed by atoms with Crippen molar-refractivity contribution in [1.82, 2.24) is 0 Å². The molecule has 3 N–H and O–H groups in total. The summed E-state index contributed by atoms with van der Waals surface area (Å²) in [7, 11) is 0. The summed E-state index contributed by atoms with van der Waals surface area (Å²) in [6, 6.07) is 5.55. The molecule has 4 nitrogen and oxygen atoms in total. The van der Waals surface area contributed by atoms with E-state index in [1.165, 1.54) is 6.07 Å². The van der Waals surface area contributed by atoms with Gasteiger partial charge in [0.2, 0.25) is 0 Å². The van der Waals surface area contributed by atoms with Crippen LogP contribution in [0.3, 0.4) is 0 Å². The summed E-state index contributed by atoms with van der Waals surface area (Å²) in [5.74, 6) is -0.243. The number of benzene rings is 1. The lowest BCUT2D eigenvalue weighted by Crippen LogP contribution is -2.25. The van der Waals surface area contributed by atoms with Crippen LogP contribution < -0.4 is 5.73 Å². The van der Waals surface area contributed by atoms with Crippen molar-refractivity contribution in [3.8, 4) is 5.75 Å².